The van der Waals surface area contributed by atoms with Gasteiger partial charge in [-0.3, -0.25) is 0 Å². The van der Waals surface area contributed by atoms with Crippen LogP contribution in [0.4, 0.5) is 0 Å². The molecule has 0 aliphatic carbocycles. The summed E-state index contributed by atoms with van der Waals surface area (Å²) in [6, 6.07) is -0.516. The van der Waals surface area contributed by atoms with E-state index in [9.17, 15) is 20.4 Å². The van der Waals surface area contributed by atoms with Crippen molar-refractivity contribution in [2.24, 2.45) is 0 Å². The van der Waals surface area contributed by atoms with E-state index >= 15 is 0 Å². The van der Waals surface area contributed by atoms with Crippen molar-refractivity contribution in [3.63, 3.8) is 0 Å². The van der Waals surface area contributed by atoms with Crippen molar-refractivity contribution in [1.29, 1.82) is 0 Å². The molecule has 0 amide bonds. The lowest BCUT2D eigenvalue weighted by Gasteiger charge is -2.25. The average molecular weight is 221 g/mol. The molecule has 0 aromatic rings. The maximum absolute atomic E-state index is 9.32. The van der Waals surface area contributed by atoms with Crippen LogP contribution in [0.5, 0.6) is 0 Å². The van der Waals surface area contributed by atoms with Gasteiger partial charge in [-0.2, -0.15) is 0 Å². The number of allylic oxidation sites excluding steroid dienone is 2. The topological polar surface area (TPSA) is 121 Å². The van der Waals surface area contributed by atoms with Crippen LogP contribution in [-0.2, 0) is 0 Å². The zero-order valence-electron chi connectivity index (χ0n) is 8.98. The van der Waals surface area contributed by atoms with Gasteiger partial charge in [0.2, 0.25) is 0 Å². The van der Waals surface area contributed by atoms with Crippen LogP contribution < -0.4 is 0 Å². The zero-order chi connectivity index (χ0) is 12.9. The number of hydrogen-bond acceptors (Lipinski definition) is 6. The molecule has 6 nitrogen and oxygen atoms in total. The van der Waals surface area contributed by atoms with Gasteiger partial charge >= 0.3 is 0 Å². The van der Waals surface area contributed by atoms with E-state index in [2.05, 4.69) is 6.58 Å². The van der Waals surface area contributed by atoms with Gasteiger partial charge < -0.3 is 30.6 Å². The summed E-state index contributed by atoms with van der Waals surface area (Å²) in [7, 11) is 0. The van der Waals surface area contributed by atoms with Crippen molar-refractivity contribution >= 4 is 0 Å². The molecule has 6 N–H and O–H groups in total. The minimum Gasteiger partial charge on any atom is -0.509 e. The van der Waals surface area contributed by atoms with Crippen LogP contribution >= 0.6 is 0 Å². The lowest BCUT2D eigenvalue weighted by Crippen LogP contribution is -2.46. The molecule has 6 heteroatoms. The second-order valence-electron chi connectivity index (χ2n) is 2.91. The fraction of sp³-hybridized carbons (Fsp3) is 0.556. The summed E-state index contributed by atoms with van der Waals surface area (Å²) in [5.41, 5.74) is 0. The van der Waals surface area contributed by atoms with E-state index in [1.54, 1.807) is 0 Å². The third kappa shape index (κ3) is 3.98. The average Bonchev–Trinajstić information content (AvgIpc) is 2.32. The molecule has 15 heavy (non-hydrogen) atoms. The van der Waals surface area contributed by atoms with E-state index in [0.29, 0.717) is 0 Å². The van der Waals surface area contributed by atoms with Gasteiger partial charge in [0.1, 0.15) is 30.2 Å². The summed E-state index contributed by atoms with van der Waals surface area (Å²) >= 11 is 0. The molecule has 0 heterocycles. The molecule has 0 aliphatic rings. The van der Waals surface area contributed by atoms with Crippen LogP contribution in [0.2, 0.25) is 0 Å². The van der Waals surface area contributed by atoms with Gasteiger partial charge in [-0.25, -0.2) is 0 Å². The van der Waals surface area contributed by atoms with Gasteiger partial charge in [-0.15, -0.1) is 0 Å². The van der Waals surface area contributed by atoms with E-state index in [0.717, 1.165) is 6.08 Å². The molecular formula is C9H16O6. The first-order valence-corrected chi connectivity index (χ1v) is 4.22. The quantitative estimate of drug-likeness (QED) is 0.229. The zero-order valence-corrected chi connectivity index (χ0v) is 7.98. The Hall–Kier alpha value is -0.920. The van der Waals surface area contributed by atoms with Gasteiger partial charge in [0.25, 0.3) is 0 Å². The number of aliphatic hydroxyl groups excluding tert-OH is 6. The van der Waals surface area contributed by atoms with Crippen LogP contribution in [0.3, 0.4) is 0 Å². The molecule has 4 atom stereocenters. The molecule has 0 saturated heterocycles. The van der Waals surface area contributed by atoms with E-state index < -0.39 is 42.8 Å². The highest BCUT2D eigenvalue weighted by Gasteiger charge is 2.31. The molecule has 88 valence electrons. The molecule has 0 aromatic carbocycles. The Labute approximate surface area is 88.4 Å². The highest BCUT2D eigenvalue weighted by Crippen LogP contribution is 2.10. The highest BCUT2D eigenvalue weighted by molar-refractivity contribution is 5.09. The lowest BCUT2D eigenvalue weighted by atomic mass is 10.0. The third-order valence-corrected chi connectivity index (χ3v) is 1.78. The molecule has 0 unspecified atom stereocenters. The van der Waals surface area contributed by atoms with Crippen molar-refractivity contribution < 1.29 is 32.0 Å². The number of aliphatic hydroxyl groups is 6. The normalized spacial score (nSPS) is 22.1. The Bertz CT molecular complexity index is 267. The fourth-order valence-electron chi connectivity index (χ4n) is 0.874. The van der Waals surface area contributed by atoms with Crippen LogP contribution in [0.1, 0.15) is 1.37 Å². The van der Waals surface area contributed by atoms with Crippen LogP contribution in [0, 0.1) is 0 Å². The SMILES string of the molecule is [2H]C(C=C)=C(O)[C@@H](O)[C@@H](O)[C@H](O)[C@H](O)CO. The summed E-state index contributed by atoms with van der Waals surface area (Å²) in [4.78, 5) is 0. The Balaban J connectivity index is 4.73. The maximum atomic E-state index is 9.32. The van der Waals surface area contributed by atoms with Crippen molar-refractivity contribution in [1.82, 2.24) is 0 Å². The van der Waals surface area contributed by atoms with Gasteiger partial charge in [0, 0.05) is 0 Å². The monoisotopic (exact) mass is 221 g/mol. The van der Waals surface area contributed by atoms with Crippen molar-refractivity contribution in [2.45, 2.75) is 24.4 Å². The molecule has 0 fully saturated rings. The predicted molar refractivity (Wildman–Crippen MR) is 52.0 cm³/mol. The van der Waals surface area contributed by atoms with Gasteiger partial charge in [-0.1, -0.05) is 12.7 Å². The second kappa shape index (κ2) is 6.54. The van der Waals surface area contributed by atoms with Crippen LogP contribution in [-0.4, -0.2) is 61.7 Å². The third-order valence-electron chi connectivity index (χ3n) is 1.78. The Morgan fingerprint density at radius 1 is 1.27 bits per heavy atom. The molecule has 0 aliphatic heterocycles. The summed E-state index contributed by atoms with van der Waals surface area (Å²) in [6.07, 6.45) is -6.44. The predicted octanol–water partition coefficient (Wildman–Crippen LogP) is -1.95. The first kappa shape index (κ1) is 12.2. The smallest absolute Gasteiger partial charge is 0.139 e. The van der Waals surface area contributed by atoms with Crippen LogP contribution in [0.25, 0.3) is 0 Å². The van der Waals surface area contributed by atoms with E-state index in [-0.39, 0.29) is 0 Å². The lowest BCUT2D eigenvalue weighted by molar-refractivity contribution is -0.113. The summed E-state index contributed by atoms with van der Waals surface area (Å²) < 4.78 is 7.09. The highest BCUT2D eigenvalue weighted by atomic mass is 16.4. The largest absolute Gasteiger partial charge is 0.509 e. The minimum atomic E-state index is -1.94. The van der Waals surface area contributed by atoms with E-state index in [4.69, 9.17) is 11.6 Å². The molecule has 0 saturated carbocycles. The Morgan fingerprint density at radius 2 is 1.80 bits per heavy atom. The fourth-order valence-corrected chi connectivity index (χ4v) is 0.874. The maximum Gasteiger partial charge on any atom is 0.139 e. The summed E-state index contributed by atoms with van der Waals surface area (Å²) in [6.45, 7) is 2.35. The summed E-state index contributed by atoms with van der Waals surface area (Å²) in [5, 5.41) is 54.6. The molecule has 0 rings (SSSR count). The molecule has 0 spiro atoms. The Morgan fingerprint density at radius 3 is 2.20 bits per heavy atom. The molecule has 0 radical (unpaired) electrons. The summed E-state index contributed by atoms with van der Waals surface area (Å²) in [5.74, 6) is -0.883. The van der Waals surface area contributed by atoms with Crippen LogP contribution in [0.15, 0.2) is 24.5 Å². The van der Waals surface area contributed by atoms with Gasteiger partial charge in [0.15, 0.2) is 0 Å². The minimum absolute atomic E-state index is 0.516. The number of rotatable bonds is 6. The number of hydrogen-bond donors (Lipinski definition) is 6. The van der Waals surface area contributed by atoms with E-state index in [1.165, 1.54) is 0 Å². The van der Waals surface area contributed by atoms with Gasteiger partial charge in [-0.05, 0) is 6.05 Å². The van der Waals surface area contributed by atoms with Crippen molar-refractivity contribution in [3.05, 3.63) is 24.5 Å². The first-order chi connectivity index (χ1) is 7.36. The molecular weight excluding hydrogens is 204 g/mol. The Kier molecular flexibility index (Phi) is 5.30. The first-order valence-electron chi connectivity index (χ1n) is 4.72. The second-order valence-corrected chi connectivity index (χ2v) is 2.91. The standard InChI is InChI=1S/C9H16O6/c1-2-3-5(11)7(13)9(15)8(14)6(12)4-10/h2-3,6-15H,1,4H2/t6-,7-,8-,9-/m1/s1/i3D. The van der Waals surface area contributed by atoms with Gasteiger partial charge in [0.05, 0.1) is 7.98 Å². The van der Waals surface area contributed by atoms with Crippen molar-refractivity contribution in [3.8, 4) is 0 Å². The van der Waals surface area contributed by atoms with Crippen molar-refractivity contribution in [2.75, 3.05) is 6.61 Å². The van der Waals surface area contributed by atoms with E-state index in [1.807, 2.05) is 0 Å². The molecule has 0 aromatic heterocycles. The molecule has 0 bridgehead atoms.